The molecule has 0 spiro atoms. The summed E-state index contributed by atoms with van der Waals surface area (Å²) in [5.74, 6) is -3.80. The molecule has 4 aromatic rings. The van der Waals surface area contributed by atoms with Crippen LogP contribution in [0.4, 0.5) is 39.8 Å². The van der Waals surface area contributed by atoms with Crippen molar-refractivity contribution >= 4 is 101 Å². The Labute approximate surface area is 336 Å². The molecule has 0 saturated heterocycles. The molecule has 0 unspecified atom stereocenters. The van der Waals surface area contributed by atoms with Gasteiger partial charge in [-0.25, -0.2) is 4.79 Å². The van der Waals surface area contributed by atoms with E-state index >= 15 is 0 Å². The molecule has 0 atom stereocenters. The number of fused-ring (bicyclic) bond motifs is 1. The van der Waals surface area contributed by atoms with Gasteiger partial charge in [-0.1, -0.05) is 0 Å². The van der Waals surface area contributed by atoms with Gasteiger partial charge in [-0.05, 0) is 96.6 Å². The van der Waals surface area contributed by atoms with Gasteiger partial charge < -0.3 is 16.2 Å². The average Bonchev–Trinajstić information content (AvgIpc) is 3.19. The number of Topliss-reactive ketones (excluding diaryl/α,β-unsaturated/α-hetero) is 1. The van der Waals surface area contributed by atoms with E-state index in [4.69, 9.17) is 10.8 Å². The highest BCUT2D eigenvalue weighted by molar-refractivity contribution is 7.91. The second-order valence-electron chi connectivity index (χ2n) is 12.3. The van der Waals surface area contributed by atoms with E-state index in [0.717, 1.165) is 24.3 Å². The second-order valence-corrected chi connectivity index (χ2v) is 15.0. The lowest BCUT2D eigenvalue weighted by Gasteiger charge is -2.20. The number of aliphatic carboxylic acids is 1. The molecule has 24 heteroatoms. The Bertz CT molecular complexity index is 2940. The smallest absolute Gasteiger partial charge is 0.339 e. The average molecular weight is 856 g/mol. The van der Waals surface area contributed by atoms with Crippen LogP contribution < -0.4 is 21.9 Å². The summed E-state index contributed by atoms with van der Waals surface area (Å²) in [4.78, 5) is 57.8. The number of carbonyl (C=O) groups excluding carboxylic acids is 3. The van der Waals surface area contributed by atoms with Crippen LogP contribution >= 0.6 is 0 Å². The van der Waals surface area contributed by atoms with Gasteiger partial charge in [0.2, 0.25) is 5.78 Å². The third-order valence-electron chi connectivity index (χ3n) is 8.27. The van der Waals surface area contributed by atoms with Gasteiger partial charge in [0, 0.05) is 23.4 Å². The van der Waals surface area contributed by atoms with Gasteiger partial charge >= 0.3 is 5.97 Å². The maximum Gasteiger partial charge on any atom is 0.339 e. The number of non-ortho nitro benzene ring substituents is 1. The van der Waals surface area contributed by atoms with Crippen LogP contribution in [0.2, 0.25) is 0 Å². The quantitative estimate of drug-likeness (QED) is 0.0189. The zero-order valence-corrected chi connectivity index (χ0v) is 31.5. The molecule has 0 aliphatic heterocycles. The minimum Gasteiger partial charge on any atom is -0.478 e. The van der Waals surface area contributed by atoms with E-state index in [1.807, 2.05) is 0 Å². The van der Waals surface area contributed by atoms with Crippen LogP contribution in [0, 0.1) is 10.1 Å². The standard InChI is InChI=1S/C36H25N9O13S2/c37-31-30-19(15-28(59(53,54)55)32(31)43-40-23-9-12-25(13-10-23)45(51)52)16-29(60(56,57)58)33(34(30)47)44-41-22-7-5-20(6-8-22)38-35(48)18-1-3-21(4-2-18)39-42-24-11-14-27(46)26(17-24)36(49)50/h1-17,39,41H,37H2,(H,38,48)(H,49,50)(H,53,54,55)(H,56,57,58)/b42-24-,43-40?,44-33+. The summed E-state index contributed by atoms with van der Waals surface area (Å²) >= 11 is 0. The highest BCUT2D eigenvalue weighted by Gasteiger charge is 2.37. The number of hydrazone groups is 2. The van der Waals surface area contributed by atoms with E-state index in [9.17, 15) is 55.2 Å². The summed E-state index contributed by atoms with van der Waals surface area (Å²) in [5, 5.41) is 38.2. The highest BCUT2D eigenvalue weighted by Crippen LogP contribution is 2.41. The molecule has 6 rings (SSSR count). The molecule has 0 fully saturated rings. The Balaban J connectivity index is 1.19. The van der Waals surface area contributed by atoms with Crippen LogP contribution in [0.3, 0.4) is 0 Å². The number of hydrogen-bond acceptors (Lipinski definition) is 17. The Morgan fingerprint density at radius 3 is 1.95 bits per heavy atom. The van der Waals surface area contributed by atoms with Gasteiger partial charge in [0.25, 0.3) is 31.8 Å². The van der Waals surface area contributed by atoms with Crippen LogP contribution in [0.15, 0.2) is 133 Å². The number of benzene rings is 4. The zero-order chi connectivity index (χ0) is 43.5. The Kier molecular flexibility index (Phi) is 11.4. The number of hydrogen-bond donors (Lipinski definition) is 7. The number of nitrogens with two attached hydrogens (primary N) is 1. The summed E-state index contributed by atoms with van der Waals surface area (Å²) in [6.45, 7) is 0. The van der Waals surface area contributed by atoms with Crippen molar-refractivity contribution in [3.8, 4) is 0 Å². The first-order valence-electron chi connectivity index (χ1n) is 16.5. The summed E-state index contributed by atoms with van der Waals surface area (Å²) < 4.78 is 69.4. The largest absolute Gasteiger partial charge is 0.478 e. The van der Waals surface area contributed by atoms with Crippen molar-refractivity contribution in [2.45, 2.75) is 4.90 Å². The molecular formula is C36H25N9O13S2. The van der Waals surface area contributed by atoms with E-state index in [1.54, 1.807) is 0 Å². The van der Waals surface area contributed by atoms with Gasteiger partial charge in [0.1, 0.15) is 21.1 Å². The van der Waals surface area contributed by atoms with E-state index in [1.165, 1.54) is 66.7 Å². The molecule has 304 valence electrons. The van der Waals surface area contributed by atoms with Gasteiger partial charge in [0.05, 0.1) is 38.9 Å². The van der Waals surface area contributed by atoms with Gasteiger partial charge in [-0.2, -0.15) is 32.2 Å². The van der Waals surface area contributed by atoms with Crippen LogP contribution in [-0.4, -0.2) is 70.8 Å². The molecule has 2 aliphatic rings. The summed E-state index contributed by atoms with van der Waals surface area (Å²) in [6, 6.07) is 16.9. The molecule has 4 aromatic carbocycles. The molecule has 0 heterocycles. The molecule has 0 saturated carbocycles. The van der Waals surface area contributed by atoms with E-state index in [2.05, 4.69) is 36.6 Å². The highest BCUT2D eigenvalue weighted by atomic mass is 32.2. The molecule has 0 bridgehead atoms. The number of anilines is 4. The van der Waals surface area contributed by atoms with Crippen LogP contribution in [0.1, 0.15) is 26.3 Å². The predicted octanol–water partition coefficient (Wildman–Crippen LogP) is 4.90. The minimum atomic E-state index is -5.21. The van der Waals surface area contributed by atoms with E-state index in [-0.39, 0.29) is 28.3 Å². The fourth-order valence-electron chi connectivity index (χ4n) is 5.38. The molecule has 60 heavy (non-hydrogen) atoms. The molecule has 22 nitrogen and oxygen atoms in total. The van der Waals surface area contributed by atoms with Gasteiger partial charge in [-0.3, -0.25) is 44.5 Å². The van der Waals surface area contributed by atoms with Crippen LogP contribution in [0.25, 0.3) is 6.08 Å². The minimum absolute atomic E-state index is 0.0159. The summed E-state index contributed by atoms with van der Waals surface area (Å²) in [6.07, 6.45) is 4.22. The topological polar surface area (TPSA) is 352 Å². The number of carboxylic acids is 1. The third kappa shape index (κ3) is 9.21. The Morgan fingerprint density at radius 1 is 0.767 bits per heavy atom. The molecule has 2 aliphatic carbocycles. The number of azo groups is 1. The maximum atomic E-state index is 13.8. The molecule has 8 N–H and O–H groups in total. The molecule has 1 amide bonds. The van der Waals surface area contributed by atoms with Crippen molar-refractivity contribution in [1.29, 1.82) is 0 Å². The summed E-state index contributed by atoms with van der Waals surface area (Å²) in [5.41, 5.74) is 8.64. The lowest BCUT2D eigenvalue weighted by Crippen LogP contribution is -2.28. The zero-order valence-electron chi connectivity index (χ0n) is 29.9. The number of nitro groups is 1. The number of ketones is 2. The fraction of sp³-hybridized carbons (Fsp3) is 0. The van der Waals surface area contributed by atoms with Crippen molar-refractivity contribution in [3.05, 3.63) is 134 Å². The number of nitrogen functional groups attached to an aromatic ring is 1. The molecule has 0 aromatic heterocycles. The Morgan fingerprint density at radius 2 is 1.37 bits per heavy atom. The number of amides is 1. The Hall–Kier alpha value is -8.06. The number of carboxylic acid groups (broad SMARTS) is 1. The van der Waals surface area contributed by atoms with Gasteiger partial charge in [0.15, 0.2) is 11.5 Å². The summed E-state index contributed by atoms with van der Waals surface area (Å²) in [7, 11) is -10.4. The number of allylic oxidation sites excluding steroid dienone is 4. The van der Waals surface area contributed by atoms with Crippen molar-refractivity contribution in [3.63, 3.8) is 0 Å². The molecular weight excluding hydrogens is 831 g/mol. The first kappa shape index (κ1) is 41.6. The number of nitro benzene ring substituents is 1. The maximum absolute atomic E-state index is 13.8. The fourth-order valence-corrected chi connectivity index (χ4v) is 6.71. The van der Waals surface area contributed by atoms with Gasteiger partial charge in [-0.15, -0.1) is 5.11 Å². The number of carbonyl (C=O) groups is 4. The first-order chi connectivity index (χ1) is 28.3. The van der Waals surface area contributed by atoms with Crippen molar-refractivity contribution < 1.29 is 55.1 Å². The molecule has 0 radical (unpaired) electrons. The predicted molar refractivity (Wildman–Crippen MR) is 215 cm³/mol. The monoisotopic (exact) mass is 855 g/mol. The van der Waals surface area contributed by atoms with E-state index < -0.39 is 92.2 Å². The lowest BCUT2D eigenvalue weighted by molar-refractivity contribution is -0.384. The third-order valence-corrected chi connectivity index (χ3v) is 10.0. The van der Waals surface area contributed by atoms with Crippen LogP contribution in [0.5, 0.6) is 0 Å². The van der Waals surface area contributed by atoms with Crippen molar-refractivity contribution in [2.75, 3.05) is 21.9 Å². The van der Waals surface area contributed by atoms with Crippen molar-refractivity contribution in [1.82, 2.24) is 0 Å². The number of nitrogens with one attached hydrogen (secondary N) is 3. The number of nitrogens with zero attached hydrogens (tertiary/aromatic N) is 5. The normalized spacial score (nSPS) is 15.4. The first-order valence-corrected chi connectivity index (χ1v) is 19.4. The van der Waals surface area contributed by atoms with Crippen molar-refractivity contribution in [2.24, 2.45) is 20.4 Å². The van der Waals surface area contributed by atoms with Crippen LogP contribution in [-0.2, 0) is 29.8 Å². The lowest BCUT2D eigenvalue weighted by atomic mass is 9.92. The van der Waals surface area contributed by atoms with E-state index in [0.29, 0.717) is 23.5 Å². The second kappa shape index (κ2) is 16.4. The SMILES string of the molecule is Nc1c(N=Nc2ccc([N+](=O)[O-])cc2)c(S(=O)(=O)O)cc2c1C(=O)/C(=N/Nc1ccc(NC(=O)c3ccc(N/N=C4/C=CC(=O)C(C(=O)O)=C4)cc3)cc1)C(S(=O)(=O)O)=C2. The number of rotatable bonds is 12.